The number of carbonyl (C=O) groups is 2. The van der Waals surface area contributed by atoms with E-state index in [-0.39, 0.29) is 17.2 Å². The number of para-hydroxylation sites is 1. The monoisotopic (exact) mass is 324 g/mol. The number of carbonyl (C=O) groups excluding carboxylic acids is 2. The number of ether oxygens (including phenoxy) is 1. The number of phenols is 1. The molecule has 4 nitrogen and oxygen atoms in total. The Balaban J connectivity index is 2.04. The summed E-state index contributed by atoms with van der Waals surface area (Å²) in [5, 5.41) is 9.98. The van der Waals surface area contributed by atoms with Crippen LogP contribution in [0.4, 0.5) is 0 Å². The maximum atomic E-state index is 13.0. The molecule has 0 amide bonds. The second-order valence-corrected chi connectivity index (χ2v) is 6.76. The Morgan fingerprint density at radius 1 is 1.08 bits per heavy atom. The van der Waals surface area contributed by atoms with Gasteiger partial charge in [0.15, 0.2) is 5.78 Å². The molecule has 1 fully saturated rings. The Morgan fingerprint density at radius 2 is 1.71 bits per heavy atom. The van der Waals surface area contributed by atoms with E-state index in [1.807, 2.05) is 44.2 Å². The van der Waals surface area contributed by atoms with Crippen molar-refractivity contribution in [3.8, 4) is 5.75 Å². The van der Waals surface area contributed by atoms with Crippen molar-refractivity contribution in [2.45, 2.75) is 31.8 Å². The minimum absolute atomic E-state index is 0.119. The molecule has 124 valence electrons. The quantitative estimate of drug-likeness (QED) is 0.531. The summed E-state index contributed by atoms with van der Waals surface area (Å²) in [5.41, 5.74) is 0.448. The minimum Gasteiger partial charge on any atom is -0.507 e. The molecule has 1 aliphatic rings. The van der Waals surface area contributed by atoms with Gasteiger partial charge in [-0.05, 0) is 38.0 Å². The number of ketones is 1. The summed E-state index contributed by atoms with van der Waals surface area (Å²) >= 11 is 0. The highest BCUT2D eigenvalue weighted by atomic mass is 16.6. The predicted molar refractivity (Wildman–Crippen MR) is 89.9 cm³/mol. The van der Waals surface area contributed by atoms with Gasteiger partial charge in [0, 0.05) is 5.92 Å². The van der Waals surface area contributed by atoms with E-state index < -0.39 is 23.3 Å². The molecule has 2 atom stereocenters. The summed E-state index contributed by atoms with van der Waals surface area (Å²) in [7, 11) is 0. The fourth-order valence-electron chi connectivity index (χ4n) is 3.34. The topological polar surface area (TPSA) is 63.6 Å². The maximum absolute atomic E-state index is 13.0. The highest BCUT2D eigenvalue weighted by Gasteiger charge is 2.47. The average Bonchev–Trinajstić information content (AvgIpc) is 2.54. The number of benzene rings is 2. The van der Waals surface area contributed by atoms with Gasteiger partial charge in [-0.3, -0.25) is 9.59 Å². The maximum Gasteiger partial charge on any atom is 0.318 e. The highest BCUT2D eigenvalue weighted by molar-refractivity contribution is 6.11. The summed E-state index contributed by atoms with van der Waals surface area (Å²) in [4.78, 5) is 25.6. The Labute approximate surface area is 141 Å². The van der Waals surface area contributed by atoms with E-state index in [1.165, 1.54) is 12.1 Å². The van der Waals surface area contributed by atoms with Crippen molar-refractivity contribution < 1.29 is 19.4 Å². The molecular weight excluding hydrogens is 304 g/mol. The second-order valence-electron chi connectivity index (χ2n) is 6.76. The van der Waals surface area contributed by atoms with Crippen molar-refractivity contribution in [2.24, 2.45) is 5.92 Å². The summed E-state index contributed by atoms with van der Waals surface area (Å²) < 4.78 is 5.48. The molecule has 0 unspecified atom stereocenters. The third-order valence-corrected chi connectivity index (χ3v) is 4.42. The number of esters is 1. The van der Waals surface area contributed by atoms with E-state index in [2.05, 4.69) is 0 Å². The van der Waals surface area contributed by atoms with Gasteiger partial charge in [-0.1, -0.05) is 42.5 Å². The van der Waals surface area contributed by atoms with E-state index in [0.29, 0.717) is 6.42 Å². The molecule has 24 heavy (non-hydrogen) atoms. The second kappa shape index (κ2) is 6.11. The lowest BCUT2D eigenvalue weighted by Crippen LogP contribution is -2.45. The molecule has 0 bridgehead atoms. The van der Waals surface area contributed by atoms with Crippen molar-refractivity contribution >= 4 is 11.8 Å². The molecule has 0 aromatic heterocycles. The predicted octanol–water partition coefficient (Wildman–Crippen LogP) is 3.70. The molecule has 3 rings (SSSR count). The first kappa shape index (κ1) is 16.2. The van der Waals surface area contributed by atoms with Crippen molar-refractivity contribution in [3.05, 3.63) is 65.7 Å². The van der Waals surface area contributed by atoms with Gasteiger partial charge in [-0.15, -0.1) is 0 Å². The number of hydrogen-bond acceptors (Lipinski definition) is 4. The van der Waals surface area contributed by atoms with E-state index in [1.54, 1.807) is 12.1 Å². The van der Waals surface area contributed by atoms with Crippen LogP contribution in [-0.4, -0.2) is 22.5 Å². The normalized spacial score (nSPS) is 22.7. The number of aromatic hydroxyl groups is 1. The van der Waals surface area contributed by atoms with Crippen molar-refractivity contribution in [2.75, 3.05) is 0 Å². The summed E-state index contributed by atoms with van der Waals surface area (Å²) in [6.07, 6.45) is 0.548. The van der Waals surface area contributed by atoms with Gasteiger partial charge < -0.3 is 9.84 Å². The van der Waals surface area contributed by atoms with E-state index in [4.69, 9.17) is 4.74 Å². The van der Waals surface area contributed by atoms with Crippen LogP contribution < -0.4 is 0 Å². The fourth-order valence-corrected chi connectivity index (χ4v) is 3.34. The molecule has 1 N–H and O–H groups in total. The number of cyclic esters (lactones) is 1. The lowest BCUT2D eigenvalue weighted by Gasteiger charge is -2.39. The summed E-state index contributed by atoms with van der Waals surface area (Å²) in [5.74, 6) is -2.29. The average molecular weight is 324 g/mol. The highest BCUT2D eigenvalue weighted by Crippen LogP contribution is 2.42. The summed E-state index contributed by atoms with van der Waals surface area (Å²) in [6, 6.07) is 15.8. The van der Waals surface area contributed by atoms with Crippen LogP contribution in [0.25, 0.3) is 0 Å². The van der Waals surface area contributed by atoms with Gasteiger partial charge >= 0.3 is 5.97 Å². The molecule has 2 aromatic rings. The Morgan fingerprint density at radius 3 is 2.38 bits per heavy atom. The first-order chi connectivity index (χ1) is 11.4. The molecule has 4 heteroatoms. The fraction of sp³-hybridized carbons (Fsp3) is 0.300. The molecular formula is C20H20O4. The van der Waals surface area contributed by atoms with E-state index >= 15 is 0 Å². The first-order valence-corrected chi connectivity index (χ1v) is 7.99. The van der Waals surface area contributed by atoms with Crippen LogP contribution in [0.15, 0.2) is 54.6 Å². The number of phenolic OH excluding ortho intramolecular Hbond substituents is 1. The van der Waals surface area contributed by atoms with Crippen molar-refractivity contribution in [3.63, 3.8) is 0 Å². The number of hydrogen-bond donors (Lipinski definition) is 1. The van der Waals surface area contributed by atoms with Crippen LogP contribution in [0.1, 0.15) is 42.1 Å². The van der Waals surface area contributed by atoms with Gasteiger partial charge in [0.25, 0.3) is 0 Å². The van der Waals surface area contributed by atoms with E-state index in [0.717, 1.165) is 5.56 Å². The van der Waals surface area contributed by atoms with Crippen LogP contribution in [-0.2, 0) is 9.53 Å². The van der Waals surface area contributed by atoms with Gasteiger partial charge in [0.2, 0.25) is 0 Å². The number of Topliss-reactive ketones (excluding diaryl/α,β-unsaturated/α-hetero) is 1. The zero-order valence-corrected chi connectivity index (χ0v) is 13.7. The van der Waals surface area contributed by atoms with Crippen LogP contribution in [0.2, 0.25) is 0 Å². The Hall–Kier alpha value is -2.62. The van der Waals surface area contributed by atoms with Gasteiger partial charge in [-0.2, -0.15) is 0 Å². The Bertz CT molecular complexity index is 764. The largest absolute Gasteiger partial charge is 0.507 e. The molecule has 1 aliphatic heterocycles. The molecule has 0 aliphatic carbocycles. The molecule has 0 saturated carbocycles. The molecule has 0 radical (unpaired) electrons. The van der Waals surface area contributed by atoms with Crippen LogP contribution >= 0.6 is 0 Å². The van der Waals surface area contributed by atoms with E-state index in [9.17, 15) is 14.7 Å². The zero-order chi connectivity index (χ0) is 17.3. The van der Waals surface area contributed by atoms with Crippen LogP contribution in [0.5, 0.6) is 5.75 Å². The lowest BCUT2D eigenvalue weighted by molar-refractivity contribution is -0.169. The van der Waals surface area contributed by atoms with Crippen molar-refractivity contribution in [1.29, 1.82) is 0 Å². The van der Waals surface area contributed by atoms with Gasteiger partial charge in [0.05, 0.1) is 5.56 Å². The molecule has 1 heterocycles. The molecule has 2 aromatic carbocycles. The minimum atomic E-state index is -0.950. The van der Waals surface area contributed by atoms with Crippen LogP contribution in [0.3, 0.4) is 0 Å². The Kier molecular flexibility index (Phi) is 4.14. The van der Waals surface area contributed by atoms with Gasteiger partial charge in [-0.25, -0.2) is 0 Å². The first-order valence-electron chi connectivity index (χ1n) is 7.99. The van der Waals surface area contributed by atoms with Gasteiger partial charge in [0.1, 0.15) is 17.3 Å². The SMILES string of the molecule is CC1(C)C[C@@H](c2ccccc2)[C@H](C(=O)c2ccccc2O)C(=O)O1. The standard InChI is InChI=1S/C20H20O4/c1-20(2)12-15(13-8-4-3-5-9-13)17(19(23)24-20)18(22)14-10-6-7-11-16(14)21/h3-11,15,17,21H,12H2,1-2H3/t15-,17+/m0/s1. The van der Waals surface area contributed by atoms with Crippen LogP contribution in [0, 0.1) is 5.92 Å². The molecule has 1 saturated heterocycles. The smallest absolute Gasteiger partial charge is 0.318 e. The lowest BCUT2D eigenvalue weighted by atomic mass is 9.73. The zero-order valence-electron chi connectivity index (χ0n) is 13.7. The summed E-state index contributed by atoms with van der Waals surface area (Å²) in [6.45, 7) is 3.70. The van der Waals surface area contributed by atoms with Crippen molar-refractivity contribution in [1.82, 2.24) is 0 Å². The third kappa shape index (κ3) is 3.04. The third-order valence-electron chi connectivity index (χ3n) is 4.42. The number of rotatable bonds is 3. The molecule has 0 spiro atoms.